The lowest BCUT2D eigenvalue weighted by Crippen LogP contribution is -2.51. The summed E-state index contributed by atoms with van der Waals surface area (Å²) >= 11 is 1.55. The predicted molar refractivity (Wildman–Crippen MR) is 92.9 cm³/mol. The lowest BCUT2D eigenvalue weighted by molar-refractivity contribution is -0.132. The van der Waals surface area contributed by atoms with E-state index in [1.807, 2.05) is 25.0 Å². The van der Waals surface area contributed by atoms with Crippen LogP contribution >= 0.6 is 24.2 Å². The quantitative estimate of drug-likeness (QED) is 0.668. The van der Waals surface area contributed by atoms with Gasteiger partial charge in [0.2, 0.25) is 5.91 Å². The molecule has 1 N–H and O–H groups in total. The van der Waals surface area contributed by atoms with Gasteiger partial charge in [-0.15, -0.1) is 12.4 Å². The molecular weight excluding hydrogens is 320 g/mol. The van der Waals surface area contributed by atoms with Crippen molar-refractivity contribution in [1.29, 1.82) is 0 Å². The predicted octanol–water partition coefficient (Wildman–Crippen LogP) is 1.99. The number of carbonyl (C=O) groups excluding carboxylic acids is 1. The molecule has 7 heteroatoms. The number of hydrogen-bond donors (Lipinski definition) is 1. The van der Waals surface area contributed by atoms with E-state index in [0.717, 1.165) is 48.2 Å². The third-order valence-electron chi connectivity index (χ3n) is 3.89. The van der Waals surface area contributed by atoms with Crippen LogP contribution in [-0.2, 0) is 11.2 Å². The van der Waals surface area contributed by atoms with Gasteiger partial charge in [0, 0.05) is 43.5 Å². The summed E-state index contributed by atoms with van der Waals surface area (Å²) in [5.74, 6) is 0.232. The van der Waals surface area contributed by atoms with Gasteiger partial charge >= 0.3 is 0 Å². The van der Waals surface area contributed by atoms with E-state index in [-0.39, 0.29) is 18.3 Å². The van der Waals surface area contributed by atoms with Crippen LogP contribution < -0.4 is 5.32 Å². The molecule has 0 bridgehead atoms. The molecule has 0 aliphatic carbocycles. The summed E-state index contributed by atoms with van der Waals surface area (Å²) < 4.78 is 0. The van der Waals surface area contributed by atoms with Crippen LogP contribution in [-0.4, -0.2) is 52.7 Å². The van der Waals surface area contributed by atoms with Gasteiger partial charge in [-0.2, -0.15) is 0 Å². The van der Waals surface area contributed by atoms with Gasteiger partial charge in [0.05, 0.1) is 0 Å². The van der Waals surface area contributed by atoms with Crippen LogP contribution in [0.5, 0.6) is 0 Å². The Balaban J connectivity index is 0.00000242. The van der Waals surface area contributed by atoms with Gasteiger partial charge in [-0.1, -0.05) is 11.8 Å². The highest BCUT2D eigenvalue weighted by Gasteiger charge is 2.20. The maximum atomic E-state index is 12.3. The third-order valence-corrected chi connectivity index (χ3v) is 4.44. The number of hydrogen-bond acceptors (Lipinski definition) is 5. The fraction of sp³-hybridized carbons (Fsp3) is 0.667. The maximum absolute atomic E-state index is 12.3. The molecule has 1 aromatic rings. The Hall–Kier alpha value is -0.850. The van der Waals surface area contributed by atoms with E-state index in [1.54, 1.807) is 11.8 Å². The maximum Gasteiger partial charge on any atom is 0.223 e. The van der Waals surface area contributed by atoms with Crippen molar-refractivity contribution >= 4 is 30.1 Å². The largest absolute Gasteiger partial charge is 0.340 e. The first-order chi connectivity index (χ1) is 10.0. The Labute approximate surface area is 143 Å². The molecule has 0 spiro atoms. The third kappa shape index (κ3) is 4.83. The van der Waals surface area contributed by atoms with Crippen molar-refractivity contribution < 1.29 is 4.79 Å². The number of nitrogens with one attached hydrogen (secondary N) is 1. The minimum atomic E-state index is 0. The number of thioether (sulfide) groups is 1. The van der Waals surface area contributed by atoms with Crippen molar-refractivity contribution in [2.45, 2.75) is 44.8 Å². The SMILES string of the molecule is CSc1nc(C)c(CCC(=O)N2CCN[C@H](C)C2)c(C)n1.Cl. The van der Waals surface area contributed by atoms with Crippen LogP contribution in [0.3, 0.4) is 0 Å². The summed E-state index contributed by atoms with van der Waals surface area (Å²) in [5.41, 5.74) is 3.10. The van der Waals surface area contributed by atoms with Crippen LogP contribution in [0.2, 0.25) is 0 Å². The average Bonchev–Trinajstić information content (AvgIpc) is 2.45. The molecule has 1 amide bonds. The van der Waals surface area contributed by atoms with E-state index in [1.165, 1.54) is 0 Å². The number of halogens is 1. The van der Waals surface area contributed by atoms with Crippen LogP contribution in [0, 0.1) is 13.8 Å². The molecular formula is C15H25ClN4OS. The molecule has 1 fully saturated rings. The fourth-order valence-corrected chi connectivity index (χ4v) is 3.17. The van der Waals surface area contributed by atoms with Crippen LogP contribution in [0.15, 0.2) is 5.16 Å². The van der Waals surface area contributed by atoms with Gasteiger partial charge < -0.3 is 10.2 Å². The number of aryl methyl sites for hydroxylation is 2. The average molecular weight is 345 g/mol. The molecule has 1 atom stereocenters. The van der Waals surface area contributed by atoms with Crippen molar-refractivity contribution in [2.75, 3.05) is 25.9 Å². The minimum absolute atomic E-state index is 0. The Morgan fingerprint density at radius 1 is 1.36 bits per heavy atom. The molecule has 0 aromatic carbocycles. The van der Waals surface area contributed by atoms with Gasteiger partial charge in [0.1, 0.15) is 0 Å². The van der Waals surface area contributed by atoms with Gasteiger partial charge in [-0.3, -0.25) is 4.79 Å². The lowest BCUT2D eigenvalue weighted by Gasteiger charge is -2.32. The highest BCUT2D eigenvalue weighted by Crippen LogP contribution is 2.17. The second-order valence-electron chi connectivity index (χ2n) is 5.55. The zero-order valence-electron chi connectivity index (χ0n) is 13.7. The molecule has 0 unspecified atom stereocenters. The molecule has 1 aliphatic heterocycles. The summed E-state index contributed by atoms with van der Waals surface area (Å²) in [6.45, 7) is 8.61. The molecule has 2 rings (SSSR count). The molecule has 5 nitrogen and oxygen atoms in total. The topological polar surface area (TPSA) is 58.1 Å². The first-order valence-corrected chi connectivity index (χ1v) is 8.63. The number of amides is 1. The highest BCUT2D eigenvalue weighted by molar-refractivity contribution is 7.98. The summed E-state index contributed by atoms with van der Waals surface area (Å²) in [6.07, 6.45) is 3.24. The molecule has 0 saturated carbocycles. The number of piperazine rings is 1. The van der Waals surface area contributed by atoms with Gasteiger partial charge in [-0.05, 0) is 39.0 Å². The number of carbonyl (C=O) groups is 1. The van der Waals surface area contributed by atoms with E-state index in [0.29, 0.717) is 12.5 Å². The zero-order valence-corrected chi connectivity index (χ0v) is 15.3. The van der Waals surface area contributed by atoms with Gasteiger partial charge in [0.25, 0.3) is 0 Å². The molecule has 1 aliphatic rings. The molecule has 1 saturated heterocycles. The highest BCUT2D eigenvalue weighted by atomic mass is 35.5. The van der Waals surface area contributed by atoms with Crippen molar-refractivity contribution in [3.8, 4) is 0 Å². The fourth-order valence-electron chi connectivity index (χ4n) is 2.71. The van der Waals surface area contributed by atoms with Crippen molar-refractivity contribution in [3.05, 3.63) is 17.0 Å². The normalized spacial score (nSPS) is 18.0. The Kier molecular flexibility index (Phi) is 7.59. The van der Waals surface area contributed by atoms with Crippen LogP contribution in [0.1, 0.15) is 30.3 Å². The summed E-state index contributed by atoms with van der Waals surface area (Å²) in [4.78, 5) is 23.2. The molecule has 2 heterocycles. The number of nitrogens with zero attached hydrogens (tertiary/aromatic N) is 3. The van der Waals surface area contributed by atoms with E-state index in [2.05, 4.69) is 22.2 Å². The second-order valence-corrected chi connectivity index (χ2v) is 6.33. The number of rotatable bonds is 4. The van der Waals surface area contributed by atoms with Crippen molar-refractivity contribution in [1.82, 2.24) is 20.2 Å². The van der Waals surface area contributed by atoms with Gasteiger partial charge in [0.15, 0.2) is 5.16 Å². The molecule has 0 radical (unpaired) electrons. The monoisotopic (exact) mass is 344 g/mol. The van der Waals surface area contributed by atoms with Crippen LogP contribution in [0.25, 0.3) is 0 Å². The zero-order chi connectivity index (χ0) is 15.4. The Morgan fingerprint density at radius 2 is 2.00 bits per heavy atom. The summed E-state index contributed by atoms with van der Waals surface area (Å²) in [6, 6.07) is 0.385. The lowest BCUT2D eigenvalue weighted by atomic mass is 10.1. The Morgan fingerprint density at radius 3 is 2.55 bits per heavy atom. The van der Waals surface area contributed by atoms with Crippen molar-refractivity contribution in [3.63, 3.8) is 0 Å². The summed E-state index contributed by atoms with van der Waals surface area (Å²) in [5, 5.41) is 4.16. The minimum Gasteiger partial charge on any atom is -0.340 e. The number of aromatic nitrogens is 2. The molecule has 1 aromatic heterocycles. The first kappa shape index (κ1) is 19.2. The van der Waals surface area contributed by atoms with E-state index < -0.39 is 0 Å². The summed E-state index contributed by atoms with van der Waals surface area (Å²) in [7, 11) is 0. The first-order valence-electron chi connectivity index (χ1n) is 7.40. The van der Waals surface area contributed by atoms with Crippen LogP contribution in [0.4, 0.5) is 0 Å². The van der Waals surface area contributed by atoms with Gasteiger partial charge in [-0.25, -0.2) is 9.97 Å². The van der Waals surface area contributed by atoms with Crippen molar-refractivity contribution in [2.24, 2.45) is 0 Å². The van der Waals surface area contributed by atoms with E-state index in [9.17, 15) is 4.79 Å². The standard InChI is InChI=1S/C15H24N4OS.ClH/c1-10-9-19(8-7-16-10)14(20)6-5-13-11(2)17-15(21-4)18-12(13)3;/h10,16H,5-9H2,1-4H3;1H/t10-;/m1./s1. The Bertz CT molecular complexity index is 503. The molecule has 124 valence electrons. The van der Waals surface area contributed by atoms with E-state index in [4.69, 9.17) is 0 Å². The second kappa shape index (κ2) is 8.70. The van der Waals surface area contributed by atoms with E-state index >= 15 is 0 Å². The molecule has 22 heavy (non-hydrogen) atoms. The smallest absolute Gasteiger partial charge is 0.223 e.